The molecule has 0 atom stereocenters. The van der Waals surface area contributed by atoms with E-state index in [4.69, 9.17) is 5.41 Å². The molecular weight excluding hydrogens is 354 g/mol. The van der Waals surface area contributed by atoms with Crippen LogP contribution in [0.5, 0.6) is 0 Å². The maximum absolute atomic E-state index is 8.13. The Labute approximate surface area is 166 Å². The summed E-state index contributed by atoms with van der Waals surface area (Å²) in [6, 6.07) is 18.6. The summed E-state index contributed by atoms with van der Waals surface area (Å²) in [4.78, 5) is 1.28. The van der Waals surface area contributed by atoms with Gasteiger partial charge in [0.25, 0.3) is 0 Å². The van der Waals surface area contributed by atoms with Crippen molar-refractivity contribution in [1.29, 1.82) is 5.41 Å². The molecule has 1 aliphatic rings. The van der Waals surface area contributed by atoms with Crippen molar-refractivity contribution in [1.82, 2.24) is 14.7 Å². The van der Waals surface area contributed by atoms with Gasteiger partial charge in [-0.3, -0.25) is 5.41 Å². The van der Waals surface area contributed by atoms with Crippen LogP contribution in [0.3, 0.4) is 0 Å². The highest BCUT2D eigenvalue weighted by atomic mass is 32.2. The topological polar surface area (TPSA) is 54.4 Å². The number of nitrogens with zero attached hydrogens (tertiary/aromatic N) is 2. The van der Waals surface area contributed by atoms with E-state index in [0.717, 1.165) is 37.6 Å². The number of aryl methyl sites for hydroxylation is 1. The Bertz CT molecular complexity index is 765. The first-order valence-electron chi connectivity index (χ1n) is 9.18. The zero-order chi connectivity index (χ0) is 19.1. The molecule has 1 heterocycles. The van der Waals surface area contributed by atoms with E-state index in [-0.39, 0.29) is 0 Å². The van der Waals surface area contributed by atoms with Crippen molar-refractivity contribution in [2.24, 2.45) is 0 Å². The molecule has 27 heavy (non-hydrogen) atoms. The monoisotopic (exact) mass is 381 g/mol. The highest BCUT2D eigenvalue weighted by Gasteiger charge is 2.17. The van der Waals surface area contributed by atoms with Crippen LogP contribution < -0.4 is 10.7 Å². The van der Waals surface area contributed by atoms with E-state index < -0.39 is 0 Å². The van der Waals surface area contributed by atoms with Crippen LogP contribution in [0.15, 0.2) is 71.3 Å². The Morgan fingerprint density at radius 2 is 1.67 bits per heavy atom. The molecule has 2 aromatic rings. The number of amidine groups is 1. The second-order valence-corrected chi connectivity index (χ2v) is 7.83. The number of hydrogen-bond donors (Lipinski definition) is 3. The van der Waals surface area contributed by atoms with Gasteiger partial charge in [0.15, 0.2) is 0 Å². The smallest absolute Gasteiger partial charge is 0.124 e. The lowest BCUT2D eigenvalue weighted by molar-refractivity contribution is 0.151. The van der Waals surface area contributed by atoms with Crippen molar-refractivity contribution >= 4 is 23.5 Å². The number of benzene rings is 2. The van der Waals surface area contributed by atoms with Crippen molar-refractivity contribution in [3.05, 3.63) is 71.9 Å². The van der Waals surface area contributed by atoms with Gasteiger partial charge < -0.3 is 10.7 Å². The van der Waals surface area contributed by atoms with Gasteiger partial charge in [0.2, 0.25) is 0 Å². The Morgan fingerprint density at radius 3 is 2.33 bits per heavy atom. The summed E-state index contributed by atoms with van der Waals surface area (Å²) in [5.41, 5.74) is 6.51. The molecule has 0 unspecified atom stereocenters. The lowest BCUT2D eigenvalue weighted by atomic mass is 10.2. The third kappa shape index (κ3) is 6.43. The van der Waals surface area contributed by atoms with Gasteiger partial charge in [-0.15, -0.1) is 0 Å². The zero-order valence-corrected chi connectivity index (χ0v) is 16.7. The molecule has 3 N–H and O–H groups in total. The van der Waals surface area contributed by atoms with Crippen LogP contribution in [0.4, 0.5) is 5.69 Å². The third-order valence-corrected chi connectivity index (χ3v) is 5.35. The summed E-state index contributed by atoms with van der Waals surface area (Å²) < 4.78 is 2.40. The van der Waals surface area contributed by atoms with Crippen LogP contribution >= 0.6 is 11.9 Å². The van der Waals surface area contributed by atoms with Crippen LogP contribution in [0.2, 0.25) is 0 Å². The maximum atomic E-state index is 8.13. The molecule has 0 saturated carbocycles. The molecular formula is C21H27N5S. The largest absolute Gasteiger partial charge is 0.341 e. The van der Waals surface area contributed by atoms with Crippen LogP contribution in [0, 0.1) is 12.3 Å². The quantitative estimate of drug-likeness (QED) is 0.399. The first-order chi connectivity index (χ1) is 13.1. The van der Waals surface area contributed by atoms with E-state index in [9.17, 15) is 0 Å². The van der Waals surface area contributed by atoms with Crippen LogP contribution in [-0.2, 0) is 0 Å². The summed E-state index contributed by atoms with van der Waals surface area (Å²) in [5.74, 6) is 0.377. The van der Waals surface area contributed by atoms with Crippen LogP contribution in [0.1, 0.15) is 12.5 Å². The van der Waals surface area contributed by atoms with E-state index in [1.54, 1.807) is 0 Å². The molecule has 0 spiro atoms. The maximum Gasteiger partial charge on any atom is 0.124 e. The van der Waals surface area contributed by atoms with E-state index in [1.165, 1.54) is 10.5 Å². The average Bonchev–Trinajstić information content (AvgIpc) is 2.66. The highest BCUT2D eigenvalue weighted by Crippen LogP contribution is 2.23. The fraction of sp³-hybridized carbons (Fsp3) is 0.286. The third-order valence-electron chi connectivity index (χ3n) is 4.24. The summed E-state index contributed by atoms with van der Waals surface area (Å²) in [6.45, 7) is 7.95. The first kappa shape index (κ1) is 19.5. The number of piperazine rings is 1. The second kappa shape index (κ2) is 9.60. The number of hydrogen-bond acceptors (Lipinski definition) is 5. The molecule has 0 bridgehead atoms. The molecule has 0 amide bonds. The number of anilines is 1. The molecule has 1 fully saturated rings. The minimum absolute atomic E-state index is 0.377. The van der Waals surface area contributed by atoms with Crippen molar-refractivity contribution in [3.63, 3.8) is 0 Å². The predicted octanol–water partition coefficient (Wildman–Crippen LogP) is 4.12. The predicted molar refractivity (Wildman–Crippen MR) is 115 cm³/mol. The van der Waals surface area contributed by atoms with Crippen LogP contribution in [-0.4, -0.2) is 41.3 Å². The molecule has 6 heteroatoms. The van der Waals surface area contributed by atoms with Crippen molar-refractivity contribution in [2.75, 3.05) is 31.5 Å². The van der Waals surface area contributed by atoms with E-state index in [2.05, 4.69) is 51.2 Å². The summed E-state index contributed by atoms with van der Waals surface area (Å²) in [5, 5.41) is 13.5. The summed E-state index contributed by atoms with van der Waals surface area (Å²) in [7, 11) is 0. The second-order valence-electron chi connectivity index (χ2n) is 6.66. The van der Waals surface area contributed by atoms with Gasteiger partial charge in [-0.05, 0) is 50.1 Å². The van der Waals surface area contributed by atoms with Gasteiger partial charge in [0.1, 0.15) is 5.84 Å². The fourth-order valence-electron chi connectivity index (χ4n) is 2.85. The lowest BCUT2D eigenvalue weighted by Gasteiger charge is -2.34. The van der Waals surface area contributed by atoms with Crippen molar-refractivity contribution in [2.45, 2.75) is 18.7 Å². The average molecular weight is 382 g/mol. The molecule has 1 saturated heterocycles. The lowest BCUT2D eigenvalue weighted by Crippen LogP contribution is -2.49. The minimum Gasteiger partial charge on any atom is -0.341 e. The van der Waals surface area contributed by atoms with Gasteiger partial charge in [0.05, 0.1) is 0 Å². The number of nitrogens with one attached hydrogen (secondary N) is 3. The Hall–Kier alpha value is -2.28. The summed E-state index contributed by atoms with van der Waals surface area (Å²) >= 11 is 1.82. The van der Waals surface area contributed by atoms with Crippen molar-refractivity contribution < 1.29 is 0 Å². The Kier molecular flexibility index (Phi) is 6.92. The van der Waals surface area contributed by atoms with Crippen molar-refractivity contribution in [3.8, 4) is 0 Å². The Balaban J connectivity index is 1.43. The standard InChI is InChI=1S/C21H27N5S/c1-17-8-10-19(11-9-17)23-21(22)16-18(2)24-25-12-14-26(15-13-25)27-20-6-4-3-5-7-20/h3-11,16,24H,12-15H2,1-2H3,(H2,22,23)/b18-16-. The highest BCUT2D eigenvalue weighted by molar-refractivity contribution is 7.97. The number of rotatable bonds is 6. The number of hydrazine groups is 1. The van der Waals surface area contributed by atoms with Gasteiger partial charge >= 0.3 is 0 Å². The van der Waals surface area contributed by atoms with Gasteiger partial charge in [-0.2, -0.15) is 0 Å². The Morgan fingerprint density at radius 1 is 1.00 bits per heavy atom. The zero-order valence-electron chi connectivity index (χ0n) is 15.9. The molecule has 5 nitrogen and oxygen atoms in total. The minimum atomic E-state index is 0.377. The SMILES string of the molecule is C/C(=C/C(=N)Nc1ccc(C)cc1)NN1CCN(Sc2ccccc2)CC1. The molecule has 142 valence electrons. The van der Waals surface area contributed by atoms with E-state index in [1.807, 2.05) is 55.3 Å². The molecule has 0 aromatic heterocycles. The van der Waals surface area contributed by atoms with Gasteiger partial charge in [0, 0.05) is 48.5 Å². The molecule has 0 radical (unpaired) electrons. The molecule has 0 aliphatic carbocycles. The van der Waals surface area contributed by atoms with E-state index >= 15 is 0 Å². The summed E-state index contributed by atoms with van der Waals surface area (Å²) in [6.07, 6.45) is 1.82. The molecule has 1 aliphatic heterocycles. The first-order valence-corrected chi connectivity index (χ1v) is 9.96. The number of allylic oxidation sites excluding steroid dienone is 1. The van der Waals surface area contributed by atoms with Crippen LogP contribution in [0.25, 0.3) is 0 Å². The molecule has 2 aromatic carbocycles. The molecule has 3 rings (SSSR count). The normalized spacial score (nSPS) is 16.1. The fourth-order valence-corrected chi connectivity index (χ4v) is 3.77. The van der Waals surface area contributed by atoms with Gasteiger partial charge in [-0.1, -0.05) is 35.9 Å². The van der Waals surface area contributed by atoms with E-state index in [0.29, 0.717) is 5.84 Å². The van der Waals surface area contributed by atoms with Gasteiger partial charge in [-0.25, -0.2) is 9.31 Å².